The van der Waals surface area contributed by atoms with Gasteiger partial charge in [-0.1, -0.05) is 52.0 Å². The zero-order chi connectivity index (χ0) is 26.3. The number of hydrogen-bond acceptors (Lipinski definition) is 3. The van der Waals surface area contributed by atoms with Gasteiger partial charge in [0, 0.05) is 13.1 Å². The van der Waals surface area contributed by atoms with Crippen molar-refractivity contribution < 1.29 is 32.3 Å². The molecule has 0 aliphatic heterocycles. The second-order valence-corrected chi connectivity index (χ2v) is 9.48. The number of hydrogen-bond donors (Lipinski definition) is 2. The Hall–Kier alpha value is -3.10. The van der Waals surface area contributed by atoms with Crippen LogP contribution in [0.3, 0.4) is 0 Å². The van der Waals surface area contributed by atoms with E-state index in [1.165, 1.54) is 36.4 Å². The number of carboxylic acid groups (broad SMARTS) is 1. The lowest BCUT2D eigenvalue weighted by Gasteiger charge is -2.31. The number of amides is 1. The molecule has 0 radical (unpaired) electrons. The third-order valence-corrected chi connectivity index (χ3v) is 5.29. The van der Waals surface area contributed by atoms with E-state index in [0.29, 0.717) is 18.8 Å². The highest BCUT2D eigenvalue weighted by atomic mass is 19.4. The number of nitrogens with zero attached hydrogens (tertiary/aromatic N) is 1. The minimum absolute atomic E-state index is 0.129. The largest absolute Gasteiger partial charge is 0.481 e. The van der Waals surface area contributed by atoms with Crippen LogP contribution in [0.25, 0.3) is 0 Å². The molecular weight excluding hydrogens is 464 g/mol. The first-order chi connectivity index (χ1) is 16.3. The molecule has 0 aromatic heterocycles. The molecular formula is C26H32F4N2O3. The number of carboxylic acids is 1. The van der Waals surface area contributed by atoms with Gasteiger partial charge in [-0.05, 0) is 41.2 Å². The Balaban J connectivity index is 2.53. The Bertz CT molecular complexity index is 1010. The minimum atomic E-state index is -4.79. The second-order valence-electron chi connectivity index (χ2n) is 9.48. The van der Waals surface area contributed by atoms with Gasteiger partial charge in [-0.3, -0.25) is 9.59 Å². The quantitative estimate of drug-likeness (QED) is 0.361. The first-order valence-corrected chi connectivity index (χ1v) is 11.5. The summed E-state index contributed by atoms with van der Waals surface area (Å²) in [5, 5.41) is 11.7. The summed E-state index contributed by atoms with van der Waals surface area (Å²) >= 11 is 0. The first-order valence-electron chi connectivity index (χ1n) is 11.5. The molecule has 2 N–H and O–H groups in total. The van der Waals surface area contributed by atoms with Crippen molar-refractivity contribution >= 4 is 23.3 Å². The van der Waals surface area contributed by atoms with Gasteiger partial charge in [-0.2, -0.15) is 13.2 Å². The van der Waals surface area contributed by atoms with E-state index in [-0.39, 0.29) is 35.1 Å². The van der Waals surface area contributed by atoms with Crippen LogP contribution in [0, 0.1) is 17.7 Å². The van der Waals surface area contributed by atoms with Crippen molar-refractivity contribution in [1.82, 2.24) is 0 Å². The summed E-state index contributed by atoms with van der Waals surface area (Å²) in [6.45, 7) is 9.20. The van der Waals surface area contributed by atoms with Gasteiger partial charge in [0.2, 0.25) is 5.91 Å². The highest BCUT2D eigenvalue weighted by molar-refractivity contribution is 5.96. The molecule has 1 amide bonds. The Morgan fingerprint density at radius 3 is 2.11 bits per heavy atom. The normalized spacial score (nSPS) is 12.6. The van der Waals surface area contributed by atoms with E-state index in [1.54, 1.807) is 6.07 Å². The van der Waals surface area contributed by atoms with E-state index in [1.807, 2.05) is 32.6 Å². The van der Waals surface area contributed by atoms with E-state index in [0.717, 1.165) is 0 Å². The molecule has 0 saturated heterocycles. The summed E-state index contributed by atoms with van der Waals surface area (Å²) in [5.41, 5.74) is 0.543. The van der Waals surface area contributed by atoms with Crippen molar-refractivity contribution in [1.29, 1.82) is 0 Å². The van der Waals surface area contributed by atoms with Gasteiger partial charge >= 0.3 is 12.1 Å². The Morgan fingerprint density at radius 1 is 1.00 bits per heavy atom. The molecule has 9 heteroatoms. The molecule has 0 heterocycles. The van der Waals surface area contributed by atoms with Crippen LogP contribution in [-0.4, -0.2) is 36.2 Å². The molecule has 0 spiro atoms. The van der Waals surface area contributed by atoms with E-state index in [4.69, 9.17) is 5.11 Å². The summed E-state index contributed by atoms with van der Waals surface area (Å²) < 4.78 is 55.1. The summed E-state index contributed by atoms with van der Waals surface area (Å²) in [6.07, 6.45) is -6.22. The van der Waals surface area contributed by atoms with Crippen LogP contribution >= 0.6 is 0 Å². The van der Waals surface area contributed by atoms with Crippen molar-refractivity contribution in [3.05, 3.63) is 59.4 Å². The van der Waals surface area contributed by atoms with Crippen LogP contribution in [-0.2, 0) is 16.0 Å². The fourth-order valence-corrected chi connectivity index (χ4v) is 3.91. The zero-order valence-electron chi connectivity index (χ0n) is 20.3. The molecule has 2 rings (SSSR count). The summed E-state index contributed by atoms with van der Waals surface area (Å²) in [5.74, 6) is -4.51. The third kappa shape index (κ3) is 8.56. The van der Waals surface area contributed by atoms with Crippen LogP contribution in [0.1, 0.15) is 51.2 Å². The average Bonchev–Trinajstić information content (AvgIpc) is 2.71. The van der Waals surface area contributed by atoms with Gasteiger partial charge in [-0.25, -0.2) is 4.39 Å². The summed E-state index contributed by atoms with van der Waals surface area (Å²) in [7, 11) is 0. The van der Waals surface area contributed by atoms with Crippen LogP contribution in [0.5, 0.6) is 0 Å². The summed E-state index contributed by atoms with van der Waals surface area (Å²) in [6, 6.07) is 9.70. The fourth-order valence-electron chi connectivity index (χ4n) is 3.91. The molecule has 192 valence electrons. The number of anilines is 2. The molecule has 1 atom stereocenters. The predicted molar refractivity (Wildman–Crippen MR) is 128 cm³/mol. The second kappa shape index (κ2) is 12.0. The van der Waals surface area contributed by atoms with Crippen molar-refractivity contribution in [2.45, 2.75) is 52.6 Å². The maximum absolute atomic E-state index is 14.0. The first kappa shape index (κ1) is 28.1. The van der Waals surface area contributed by atoms with Gasteiger partial charge in [0.05, 0.1) is 30.1 Å². The molecule has 0 bridgehead atoms. The molecule has 2 aromatic carbocycles. The smallest absolute Gasteiger partial charge is 0.396 e. The topological polar surface area (TPSA) is 69.6 Å². The Kier molecular flexibility index (Phi) is 9.68. The van der Waals surface area contributed by atoms with Gasteiger partial charge in [0.25, 0.3) is 0 Å². The van der Waals surface area contributed by atoms with E-state index in [2.05, 4.69) is 5.32 Å². The highest BCUT2D eigenvalue weighted by Gasteiger charge is 2.42. The minimum Gasteiger partial charge on any atom is -0.481 e. The standard InChI is InChI=1S/C26H32F4N2O3/c1-16(2)14-32(15-17(3)4)23-10-9-18(20(13-25(34)35)26(28,29)30)11-22(23)31-24(33)12-19-7-5-6-8-21(19)27/h5-11,16-17,20H,12-15H2,1-4H3,(H,31,33)(H,34,35). The lowest BCUT2D eigenvalue weighted by molar-refractivity contribution is -0.163. The number of benzene rings is 2. The number of rotatable bonds is 11. The Morgan fingerprint density at radius 2 is 1.60 bits per heavy atom. The molecule has 1 unspecified atom stereocenters. The van der Waals surface area contributed by atoms with Crippen molar-refractivity contribution in [3.8, 4) is 0 Å². The summed E-state index contributed by atoms with van der Waals surface area (Å²) in [4.78, 5) is 25.9. The molecule has 0 aliphatic carbocycles. The van der Waals surface area contributed by atoms with Crippen molar-refractivity contribution in [2.24, 2.45) is 11.8 Å². The van der Waals surface area contributed by atoms with Crippen molar-refractivity contribution in [3.63, 3.8) is 0 Å². The number of aliphatic carboxylic acids is 1. The van der Waals surface area contributed by atoms with E-state index >= 15 is 0 Å². The zero-order valence-corrected chi connectivity index (χ0v) is 20.3. The predicted octanol–water partition coefficient (Wildman–Crippen LogP) is 6.25. The van der Waals surface area contributed by atoms with Crippen LogP contribution in [0.15, 0.2) is 42.5 Å². The van der Waals surface area contributed by atoms with Gasteiger partial charge in [-0.15, -0.1) is 0 Å². The molecule has 0 saturated carbocycles. The maximum atomic E-state index is 14.0. The maximum Gasteiger partial charge on any atom is 0.396 e. The monoisotopic (exact) mass is 496 g/mol. The van der Waals surface area contributed by atoms with Gasteiger partial charge in [0.1, 0.15) is 5.82 Å². The molecule has 2 aromatic rings. The van der Waals surface area contributed by atoms with Crippen LogP contribution < -0.4 is 10.2 Å². The SMILES string of the molecule is CC(C)CN(CC(C)C)c1ccc(C(CC(=O)O)C(F)(F)F)cc1NC(=O)Cc1ccccc1F. The highest BCUT2D eigenvalue weighted by Crippen LogP contribution is 2.40. The Labute approximate surface area is 203 Å². The number of nitrogens with one attached hydrogen (secondary N) is 1. The molecule has 0 aliphatic rings. The van der Waals surface area contributed by atoms with Gasteiger partial charge in [0.15, 0.2) is 0 Å². The number of halogens is 4. The number of alkyl halides is 3. The lowest BCUT2D eigenvalue weighted by atomic mass is 9.93. The van der Waals surface area contributed by atoms with Crippen molar-refractivity contribution in [2.75, 3.05) is 23.3 Å². The van der Waals surface area contributed by atoms with Crippen LogP contribution in [0.2, 0.25) is 0 Å². The molecule has 0 fully saturated rings. The lowest BCUT2D eigenvalue weighted by Crippen LogP contribution is -2.32. The van der Waals surface area contributed by atoms with Gasteiger partial charge < -0.3 is 15.3 Å². The molecule has 5 nitrogen and oxygen atoms in total. The number of carbonyl (C=O) groups is 2. The van der Waals surface area contributed by atoms with Crippen LogP contribution in [0.4, 0.5) is 28.9 Å². The van der Waals surface area contributed by atoms with E-state index in [9.17, 15) is 27.2 Å². The number of carbonyl (C=O) groups excluding carboxylic acids is 1. The molecule has 35 heavy (non-hydrogen) atoms. The van der Waals surface area contributed by atoms with E-state index < -0.39 is 36.2 Å². The fraction of sp³-hybridized carbons (Fsp3) is 0.462. The third-order valence-electron chi connectivity index (χ3n) is 5.29. The average molecular weight is 497 g/mol.